The van der Waals surface area contributed by atoms with Gasteiger partial charge in [-0.15, -0.1) is 0 Å². The molecule has 7 nitrogen and oxygen atoms in total. The van der Waals surface area contributed by atoms with Crippen LogP contribution in [0.3, 0.4) is 0 Å². The van der Waals surface area contributed by atoms with E-state index < -0.39 is 0 Å². The SMILES string of the molecule is CC(c1ccc(F)cc1)N(C)C(=O)CN1CCN(CC(=O)N2CCOCC2)CC1. The smallest absolute Gasteiger partial charge is 0.236 e. The number of carbonyl (C=O) groups is 2. The molecule has 0 aromatic heterocycles. The molecule has 1 aromatic carbocycles. The van der Waals surface area contributed by atoms with Crippen LogP contribution in [0.5, 0.6) is 0 Å². The monoisotopic (exact) mass is 406 g/mol. The third-order valence-electron chi connectivity index (χ3n) is 5.87. The Morgan fingerprint density at radius 1 is 1.00 bits per heavy atom. The first-order valence-corrected chi connectivity index (χ1v) is 10.3. The molecule has 160 valence electrons. The zero-order valence-corrected chi connectivity index (χ0v) is 17.3. The molecule has 29 heavy (non-hydrogen) atoms. The van der Waals surface area contributed by atoms with Crippen LogP contribution >= 0.6 is 0 Å². The Balaban J connectivity index is 1.41. The quantitative estimate of drug-likeness (QED) is 0.700. The van der Waals surface area contributed by atoms with E-state index in [1.807, 2.05) is 11.8 Å². The highest BCUT2D eigenvalue weighted by molar-refractivity contribution is 5.79. The lowest BCUT2D eigenvalue weighted by atomic mass is 10.1. The number of rotatable bonds is 6. The highest BCUT2D eigenvalue weighted by Crippen LogP contribution is 2.19. The van der Waals surface area contributed by atoms with E-state index in [9.17, 15) is 14.0 Å². The van der Waals surface area contributed by atoms with Crippen LogP contribution in [0.4, 0.5) is 4.39 Å². The van der Waals surface area contributed by atoms with Gasteiger partial charge in [-0.2, -0.15) is 0 Å². The van der Waals surface area contributed by atoms with Crippen molar-refractivity contribution >= 4 is 11.8 Å². The number of carbonyl (C=O) groups excluding carboxylic acids is 2. The molecule has 2 fully saturated rings. The maximum atomic E-state index is 13.1. The average Bonchev–Trinajstić information content (AvgIpc) is 2.75. The number of nitrogens with zero attached hydrogens (tertiary/aromatic N) is 4. The highest BCUT2D eigenvalue weighted by Gasteiger charge is 2.25. The number of morpholine rings is 1. The van der Waals surface area contributed by atoms with Gasteiger partial charge in [-0.1, -0.05) is 12.1 Å². The van der Waals surface area contributed by atoms with E-state index in [4.69, 9.17) is 4.74 Å². The van der Waals surface area contributed by atoms with E-state index >= 15 is 0 Å². The van der Waals surface area contributed by atoms with Crippen LogP contribution in [0.2, 0.25) is 0 Å². The van der Waals surface area contributed by atoms with Crippen molar-refractivity contribution in [2.24, 2.45) is 0 Å². The molecule has 0 N–H and O–H groups in total. The lowest BCUT2D eigenvalue weighted by Gasteiger charge is -2.36. The van der Waals surface area contributed by atoms with Crippen LogP contribution < -0.4 is 0 Å². The fourth-order valence-electron chi connectivity index (χ4n) is 3.69. The lowest BCUT2D eigenvalue weighted by Crippen LogP contribution is -2.53. The molecule has 3 rings (SSSR count). The van der Waals surface area contributed by atoms with Gasteiger partial charge in [0.15, 0.2) is 0 Å². The molecule has 2 aliphatic heterocycles. The molecule has 0 bridgehead atoms. The number of amides is 2. The summed E-state index contributed by atoms with van der Waals surface area (Å²) in [4.78, 5) is 32.9. The molecule has 0 aliphatic carbocycles. The first-order valence-electron chi connectivity index (χ1n) is 10.3. The maximum Gasteiger partial charge on any atom is 0.236 e. The molecule has 1 atom stereocenters. The minimum Gasteiger partial charge on any atom is -0.378 e. The van der Waals surface area contributed by atoms with Crippen molar-refractivity contribution < 1.29 is 18.7 Å². The predicted octanol–water partition coefficient (Wildman–Crippen LogP) is 0.822. The van der Waals surface area contributed by atoms with Crippen LogP contribution in [-0.4, -0.2) is 104 Å². The zero-order chi connectivity index (χ0) is 20.8. The van der Waals surface area contributed by atoms with Crippen molar-refractivity contribution in [1.29, 1.82) is 0 Å². The Hall–Kier alpha value is -2.03. The number of piperazine rings is 1. The molecule has 2 aliphatic rings. The summed E-state index contributed by atoms with van der Waals surface area (Å²) in [6.45, 7) is 8.40. The van der Waals surface area contributed by atoms with E-state index in [0.29, 0.717) is 39.4 Å². The molecule has 2 amide bonds. The van der Waals surface area contributed by atoms with Crippen LogP contribution in [-0.2, 0) is 14.3 Å². The van der Waals surface area contributed by atoms with Crippen LogP contribution in [0.1, 0.15) is 18.5 Å². The molecule has 2 saturated heterocycles. The van der Waals surface area contributed by atoms with Crippen LogP contribution in [0, 0.1) is 5.82 Å². The Kier molecular flexibility index (Phi) is 7.57. The molecule has 0 saturated carbocycles. The van der Waals surface area contributed by atoms with Gasteiger partial charge in [0.25, 0.3) is 0 Å². The predicted molar refractivity (Wildman–Crippen MR) is 108 cm³/mol. The van der Waals surface area contributed by atoms with Gasteiger partial charge in [0.05, 0.1) is 32.3 Å². The van der Waals surface area contributed by atoms with Crippen molar-refractivity contribution in [3.63, 3.8) is 0 Å². The number of halogens is 1. The Bertz CT molecular complexity index is 686. The molecule has 0 radical (unpaired) electrons. The van der Waals surface area contributed by atoms with Gasteiger partial charge in [-0.05, 0) is 24.6 Å². The van der Waals surface area contributed by atoms with Gasteiger partial charge < -0.3 is 14.5 Å². The van der Waals surface area contributed by atoms with Gasteiger partial charge in [0, 0.05) is 46.3 Å². The maximum absolute atomic E-state index is 13.1. The first kappa shape index (κ1) is 21.7. The minimum absolute atomic E-state index is 0.0414. The van der Waals surface area contributed by atoms with Gasteiger partial charge >= 0.3 is 0 Å². The van der Waals surface area contributed by atoms with E-state index in [0.717, 1.165) is 31.7 Å². The van der Waals surface area contributed by atoms with Crippen molar-refractivity contribution in [1.82, 2.24) is 19.6 Å². The molecule has 1 unspecified atom stereocenters. The van der Waals surface area contributed by atoms with E-state index in [1.54, 1.807) is 24.1 Å². The molecule has 0 spiro atoms. The van der Waals surface area contributed by atoms with Gasteiger partial charge in [-0.25, -0.2) is 4.39 Å². The molecule has 1 aromatic rings. The normalized spacial score (nSPS) is 19.8. The third-order valence-corrected chi connectivity index (χ3v) is 5.87. The van der Waals surface area contributed by atoms with Gasteiger partial charge in [0.1, 0.15) is 5.82 Å². The zero-order valence-electron chi connectivity index (χ0n) is 17.3. The summed E-state index contributed by atoms with van der Waals surface area (Å²) in [6.07, 6.45) is 0. The summed E-state index contributed by atoms with van der Waals surface area (Å²) in [7, 11) is 1.79. The van der Waals surface area contributed by atoms with Crippen LogP contribution in [0.25, 0.3) is 0 Å². The number of hydrogen-bond donors (Lipinski definition) is 0. The summed E-state index contributed by atoms with van der Waals surface area (Å²) >= 11 is 0. The minimum atomic E-state index is -0.278. The Labute approximate surface area is 172 Å². The Morgan fingerprint density at radius 2 is 1.55 bits per heavy atom. The van der Waals surface area contributed by atoms with Gasteiger partial charge in [-0.3, -0.25) is 19.4 Å². The van der Waals surface area contributed by atoms with Crippen molar-refractivity contribution in [2.75, 3.05) is 72.6 Å². The van der Waals surface area contributed by atoms with Crippen molar-refractivity contribution in [3.05, 3.63) is 35.6 Å². The second-order valence-corrected chi connectivity index (χ2v) is 7.78. The number of likely N-dealkylation sites (N-methyl/N-ethyl adjacent to an activating group) is 1. The van der Waals surface area contributed by atoms with E-state index in [1.165, 1.54) is 12.1 Å². The fourth-order valence-corrected chi connectivity index (χ4v) is 3.69. The number of ether oxygens (including phenoxy) is 1. The van der Waals surface area contributed by atoms with Crippen LogP contribution in [0.15, 0.2) is 24.3 Å². The van der Waals surface area contributed by atoms with Crippen molar-refractivity contribution in [2.45, 2.75) is 13.0 Å². The largest absolute Gasteiger partial charge is 0.378 e. The second-order valence-electron chi connectivity index (χ2n) is 7.78. The van der Waals surface area contributed by atoms with Crippen molar-refractivity contribution in [3.8, 4) is 0 Å². The standard InChI is InChI=1S/C21H31FN4O3/c1-17(18-3-5-19(22)6-4-18)23(2)20(27)15-24-7-9-25(10-8-24)16-21(28)26-11-13-29-14-12-26/h3-6,17H,7-16H2,1-2H3. The summed E-state index contributed by atoms with van der Waals surface area (Å²) in [5, 5.41) is 0. The molecule has 2 heterocycles. The van der Waals surface area contributed by atoms with Gasteiger partial charge in [0.2, 0.25) is 11.8 Å². The summed E-state index contributed by atoms with van der Waals surface area (Å²) in [5.74, 6) is -0.0785. The number of benzene rings is 1. The molecular formula is C21H31FN4O3. The lowest BCUT2D eigenvalue weighted by molar-refractivity contribution is -0.138. The number of hydrogen-bond acceptors (Lipinski definition) is 5. The molecular weight excluding hydrogens is 375 g/mol. The summed E-state index contributed by atoms with van der Waals surface area (Å²) in [5.41, 5.74) is 0.911. The first-order chi connectivity index (χ1) is 13.9. The van der Waals surface area contributed by atoms with E-state index in [2.05, 4.69) is 9.80 Å². The topological polar surface area (TPSA) is 56.3 Å². The third kappa shape index (κ3) is 5.98. The second kappa shape index (κ2) is 10.1. The summed E-state index contributed by atoms with van der Waals surface area (Å²) in [6, 6.07) is 6.15. The van der Waals surface area contributed by atoms with E-state index in [-0.39, 0.29) is 23.7 Å². The Morgan fingerprint density at radius 3 is 2.14 bits per heavy atom. The summed E-state index contributed by atoms with van der Waals surface area (Å²) < 4.78 is 18.4. The fraction of sp³-hybridized carbons (Fsp3) is 0.619. The highest BCUT2D eigenvalue weighted by atomic mass is 19.1. The molecule has 8 heteroatoms. The average molecular weight is 407 g/mol.